The van der Waals surface area contributed by atoms with Gasteiger partial charge >= 0.3 is 0 Å². The molecule has 1 aliphatic rings. The van der Waals surface area contributed by atoms with Gasteiger partial charge in [0.05, 0.1) is 7.11 Å². The molecule has 1 aromatic heterocycles. The van der Waals surface area contributed by atoms with E-state index in [9.17, 15) is 0 Å². The fraction of sp³-hybridized carbons (Fsp3) is 0.556. The molecule has 3 nitrogen and oxygen atoms in total. The van der Waals surface area contributed by atoms with Crippen molar-refractivity contribution in [2.75, 3.05) is 21.2 Å². The first kappa shape index (κ1) is 14.5. The molecule has 0 bridgehead atoms. The Hall–Kier alpha value is -1.48. The average Bonchev–Trinajstić information content (AvgIpc) is 2.91. The Labute approximate surface area is 127 Å². The number of H-pyrrole nitrogens is 1. The molecule has 3 rings (SSSR count). The summed E-state index contributed by atoms with van der Waals surface area (Å²) in [6, 6.07) is 6.80. The Morgan fingerprint density at radius 1 is 1.19 bits per heavy atom. The number of hydrogen-bond donors (Lipinski definition) is 1. The van der Waals surface area contributed by atoms with E-state index in [0.29, 0.717) is 6.04 Å². The third-order valence-corrected chi connectivity index (χ3v) is 4.89. The van der Waals surface area contributed by atoms with Gasteiger partial charge < -0.3 is 14.6 Å². The molecule has 1 atom stereocenters. The normalized spacial score (nSPS) is 18.3. The molecule has 3 heteroatoms. The van der Waals surface area contributed by atoms with Crippen molar-refractivity contribution in [2.24, 2.45) is 5.92 Å². The van der Waals surface area contributed by atoms with Crippen molar-refractivity contribution in [3.8, 4) is 5.75 Å². The van der Waals surface area contributed by atoms with Gasteiger partial charge in [0, 0.05) is 23.1 Å². The molecule has 21 heavy (non-hydrogen) atoms. The number of fused-ring (bicyclic) bond motifs is 1. The van der Waals surface area contributed by atoms with E-state index in [-0.39, 0.29) is 0 Å². The lowest BCUT2D eigenvalue weighted by Gasteiger charge is -2.34. The zero-order valence-corrected chi connectivity index (χ0v) is 13.4. The highest BCUT2D eigenvalue weighted by atomic mass is 16.5. The van der Waals surface area contributed by atoms with Gasteiger partial charge in [0.15, 0.2) is 0 Å². The minimum atomic E-state index is 0.492. The maximum absolute atomic E-state index is 5.40. The zero-order chi connectivity index (χ0) is 14.8. The molecule has 0 radical (unpaired) electrons. The number of benzene rings is 1. The SMILES string of the molecule is COc1ccc2[nH]cc(C(C3CCCCC3)N(C)C)c2c1. The largest absolute Gasteiger partial charge is 0.497 e. The maximum atomic E-state index is 5.40. The van der Waals surface area contributed by atoms with E-state index in [1.807, 2.05) is 6.07 Å². The van der Waals surface area contributed by atoms with E-state index in [2.05, 4.69) is 42.3 Å². The van der Waals surface area contributed by atoms with Gasteiger partial charge in [-0.1, -0.05) is 19.3 Å². The summed E-state index contributed by atoms with van der Waals surface area (Å²) in [4.78, 5) is 5.82. The van der Waals surface area contributed by atoms with Crippen LogP contribution in [-0.4, -0.2) is 31.1 Å². The summed E-state index contributed by atoms with van der Waals surface area (Å²) in [6.45, 7) is 0. The standard InChI is InChI=1S/C18H26N2O/c1-20(2)18(13-7-5-4-6-8-13)16-12-19-17-10-9-14(21-3)11-15(16)17/h9-13,18-19H,4-8H2,1-3H3. The van der Waals surface area contributed by atoms with E-state index in [4.69, 9.17) is 4.74 Å². The molecule has 0 saturated heterocycles. The number of nitrogens with zero attached hydrogens (tertiary/aromatic N) is 1. The Balaban J connectivity index is 2.02. The van der Waals surface area contributed by atoms with Crippen LogP contribution in [0.5, 0.6) is 5.75 Å². The first-order chi connectivity index (χ1) is 10.2. The topological polar surface area (TPSA) is 28.3 Å². The Morgan fingerprint density at radius 2 is 1.95 bits per heavy atom. The highest BCUT2D eigenvalue weighted by Crippen LogP contribution is 2.40. The summed E-state index contributed by atoms with van der Waals surface area (Å²) in [5, 5.41) is 1.30. The van der Waals surface area contributed by atoms with Gasteiger partial charge in [-0.05, 0) is 56.6 Å². The summed E-state index contributed by atoms with van der Waals surface area (Å²) in [6.07, 6.45) is 9.04. The van der Waals surface area contributed by atoms with Gasteiger partial charge in [-0.3, -0.25) is 0 Å². The first-order valence-electron chi connectivity index (χ1n) is 8.02. The second-order valence-corrected chi connectivity index (χ2v) is 6.46. The van der Waals surface area contributed by atoms with Crippen molar-refractivity contribution < 1.29 is 4.74 Å². The fourth-order valence-electron chi connectivity index (χ4n) is 3.90. The van der Waals surface area contributed by atoms with Crippen molar-refractivity contribution in [3.63, 3.8) is 0 Å². The molecule has 1 heterocycles. The van der Waals surface area contributed by atoms with Crippen LogP contribution in [-0.2, 0) is 0 Å². The minimum Gasteiger partial charge on any atom is -0.497 e. The molecular weight excluding hydrogens is 260 g/mol. The van der Waals surface area contributed by atoms with Crippen molar-refractivity contribution in [3.05, 3.63) is 30.0 Å². The van der Waals surface area contributed by atoms with Gasteiger partial charge in [0.1, 0.15) is 5.75 Å². The molecule has 0 amide bonds. The second kappa shape index (κ2) is 6.10. The number of nitrogens with one attached hydrogen (secondary N) is 1. The molecule has 1 N–H and O–H groups in total. The number of methoxy groups -OCH3 is 1. The molecule has 0 aliphatic heterocycles. The van der Waals surface area contributed by atoms with E-state index < -0.39 is 0 Å². The molecule has 0 spiro atoms. The van der Waals surface area contributed by atoms with Gasteiger partial charge in [-0.15, -0.1) is 0 Å². The number of aromatic amines is 1. The van der Waals surface area contributed by atoms with Gasteiger partial charge in [0.2, 0.25) is 0 Å². The third kappa shape index (κ3) is 2.80. The van der Waals surface area contributed by atoms with E-state index in [1.165, 1.54) is 48.6 Å². The molecule has 1 aromatic carbocycles. The lowest BCUT2D eigenvalue weighted by atomic mass is 9.80. The summed E-state index contributed by atoms with van der Waals surface area (Å²) < 4.78 is 5.40. The van der Waals surface area contributed by atoms with Crippen molar-refractivity contribution in [1.29, 1.82) is 0 Å². The summed E-state index contributed by atoms with van der Waals surface area (Å²) in [5.74, 6) is 1.70. The molecule has 114 valence electrons. The van der Waals surface area contributed by atoms with Gasteiger partial charge in [-0.25, -0.2) is 0 Å². The Kier molecular flexibility index (Phi) is 4.20. The number of aromatic nitrogens is 1. The summed E-state index contributed by atoms with van der Waals surface area (Å²) >= 11 is 0. The monoisotopic (exact) mass is 286 g/mol. The molecule has 2 aromatic rings. The fourth-order valence-corrected chi connectivity index (χ4v) is 3.90. The van der Waals surface area contributed by atoms with Crippen molar-refractivity contribution >= 4 is 10.9 Å². The van der Waals surface area contributed by atoms with Crippen LogP contribution in [0.15, 0.2) is 24.4 Å². The number of ether oxygens (including phenoxy) is 1. The molecule has 1 unspecified atom stereocenters. The first-order valence-corrected chi connectivity index (χ1v) is 8.02. The van der Waals surface area contributed by atoms with Crippen molar-refractivity contribution in [1.82, 2.24) is 9.88 Å². The highest BCUT2D eigenvalue weighted by molar-refractivity contribution is 5.85. The van der Waals surface area contributed by atoms with Crippen LogP contribution < -0.4 is 4.74 Å². The predicted octanol–water partition coefficient (Wildman–Crippen LogP) is 4.36. The number of hydrogen-bond acceptors (Lipinski definition) is 2. The van der Waals surface area contributed by atoms with Crippen LogP contribution in [0.3, 0.4) is 0 Å². The minimum absolute atomic E-state index is 0.492. The average molecular weight is 286 g/mol. The molecular formula is C18H26N2O. The Bertz CT molecular complexity index is 596. The van der Waals surface area contributed by atoms with E-state index >= 15 is 0 Å². The Morgan fingerprint density at radius 3 is 2.62 bits per heavy atom. The van der Waals surface area contributed by atoms with E-state index in [0.717, 1.165) is 11.7 Å². The molecule has 1 fully saturated rings. The van der Waals surface area contributed by atoms with Gasteiger partial charge in [0.25, 0.3) is 0 Å². The summed E-state index contributed by atoms with van der Waals surface area (Å²) in [5.41, 5.74) is 2.62. The van der Waals surface area contributed by atoms with Crippen molar-refractivity contribution in [2.45, 2.75) is 38.1 Å². The maximum Gasteiger partial charge on any atom is 0.119 e. The lowest BCUT2D eigenvalue weighted by Crippen LogP contribution is -2.28. The summed E-state index contributed by atoms with van der Waals surface area (Å²) in [7, 11) is 6.15. The molecule has 1 aliphatic carbocycles. The quantitative estimate of drug-likeness (QED) is 0.904. The van der Waals surface area contributed by atoms with E-state index in [1.54, 1.807) is 7.11 Å². The predicted molar refractivity (Wildman–Crippen MR) is 87.9 cm³/mol. The van der Waals surface area contributed by atoms with Crippen LogP contribution in [0.4, 0.5) is 0 Å². The number of rotatable bonds is 4. The smallest absolute Gasteiger partial charge is 0.119 e. The zero-order valence-electron chi connectivity index (χ0n) is 13.4. The van der Waals surface area contributed by atoms with Crippen LogP contribution >= 0.6 is 0 Å². The van der Waals surface area contributed by atoms with Crippen LogP contribution in [0.2, 0.25) is 0 Å². The van der Waals surface area contributed by atoms with Gasteiger partial charge in [-0.2, -0.15) is 0 Å². The molecule has 1 saturated carbocycles. The third-order valence-electron chi connectivity index (χ3n) is 4.89. The lowest BCUT2D eigenvalue weighted by molar-refractivity contribution is 0.172. The second-order valence-electron chi connectivity index (χ2n) is 6.46. The van der Waals surface area contributed by atoms with Crippen LogP contribution in [0, 0.1) is 5.92 Å². The van der Waals surface area contributed by atoms with Crippen LogP contribution in [0.25, 0.3) is 10.9 Å². The highest BCUT2D eigenvalue weighted by Gasteiger charge is 2.28. The van der Waals surface area contributed by atoms with Crippen LogP contribution in [0.1, 0.15) is 43.7 Å².